The van der Waals surface area contributed by atoms with Crippen LogP contribution < -0.4 is 10.1 Å². The maximum atomic E-state index is 6.67. The van der Waals surface area contributed by atoms with E-state index in [0.29, 0.717) is 0 Å². The van der Waals surface area contributed by atoms with Gasteiger partial charge in [-0.2, -0.15) is 10.1 Å². The minimum atomic E-state index is -0.224. The molecule has 2 aromatic heterocycles. The summed E-state index contributed by atoms with van der Waals surface area (Å²) in [6, 6.07) is 19.2. The number of rotatable bonds is 3. The maximum absolute atomic E-state index is 6.67. The van der Waals surface area contributed by atoms with E-state index in [2.05, 4.69) is 88.6 Å². The van der Waals surface area contributed by atoms with E-state index in [1.54, 1.807) is 29.4 Å². The van der Waals surface area contributed by atoms with E-state index < -0.39 is 0 Å². The monoisotopic (exact) mass is 444 g/mol. The van der Waals surface area contributed by atoms with Gasteiger partial charge in [0.1, 0.15) is 24.2 Å². The molecule has 2 aromatic carbocycles. The highest BCUT2D eigenvalue weighted by Gasteiger charge is 2.41. The molecule has 154 valence electrons. The van der Waals surface area contributed by atoms with Gasteiger partial charge in [0.05, 0.1) is 5.70 Å². The molecule has 0 saturated heterocycles. The molecule has 0 spiro atoms. The summed E-state index contributed by atoms with van der Waals surface area (Å²) in [6.45, 7) is 2.11. The smallest absolute Gasteiger partial charge is 0.226 e. The Bertz CT molecular complexity index is 1290. The molecular weight excluding hydrogens is 424 g/mol. The first-order valence-electron chi connectivity index (χ1n) is 10.1. The number of hydrogen-bond acceptors (Lipinski definition) is 6. The van der Waals surface area contributed by atoms with Gasteiger partial charge in [0.25, 0.3) is 0 Å². The molecule has 0 aliphatic carbocycles. The molecule has 5 nitrogen and oxygen atoms in total. The Morgan fingerprint density at radius 1 is 1.13 bits per heavy atom. The van der Waals surface area contributed by atoms with Crippen molar-refractivity contribution in [1.82, 2.24) is 14.8 Å². The third-order valence-electron chi connectivity index (χ3n) is 5.80. The van der Waals surface area contributed by atoms with Gasteiger partial charge in [-0.15, -0.1) is 23.1 Å². The first-order chi connectivity index (χ1) is 15.2. The van der Waals surface area contributed by atoms with Gasteiger partial charge in [0.2, 0.25) is 5.95 Å². The van der Waals surface area contributed by atoms with Crippen LogP contribution in [0.2, 0.25) is 0 Å². The van der Waals surface area contributed by atoms with Crippen molar-refractivity contribution < 1.29 is 4.74 Å². The molecule has 4 aromatic rings. The van der Waals surface area contributed by atoms with E-state index in [1.807, 2.05) is 4.68 Å². The van der Waals surface area contributed by atoms with E-state index in [4.69, 9.17) is 4.74 Å². The number of aryl methyl sites for hydroxylation is 1. The van der Waals surface area contributed by atoms with Crippen LogP contribution in [0.3, 0.4) is 0 Å². The van der Waals surface area contributed by atoms with Crippen LogP contribution in [0.15, 0.2) is 76.8 Å². The molecule has 6 rings (SSSR count). The summed E-state index contributed by atoms with van der Waals surface area (Å²) in [6.07, 6.45) is 3.48. The van der Waals surface area contributed by atoms with Crippen molar-refractivity contribution in [2.24, 2.45) is 0 Å². The third-order valence-corrected chi connectivity index (χ3v) is 7.47. The standard InChI is InChI=1S/C24H20N4OS2/c1-14-5-10-18-17(12-14)21-20(23(29-18)15-6-8-16(30-2)9-7-15)22(19-4-3-11-31-19)28-24(27-21)25-13-26-28/h3-13,22-23H,1-2H3,(H,25,26,27)/t22-,23+/m0/s1. The molecule has 0 fully saturated rings. The number of ether oxygens (including phenoxy) is 1. The number of anilines is 1. The summed E-state index contributed by atoms with van der Waals surface area (Å²) in [5.74, 6) is 1.64. The molecule has 31 heavy (non-hydrogen) atoms. The maximum Gasteiger partial charge on any atom is 0.226 e. The Morgan fingerprint density at radius 2 is 2.00 bits per heavy atom. The fourth-order valence-corrected chi connectivity index (χ4v) is 5.59. The van der Waals surface area contributed by atoms with Crippen molar-refractivity contribution in [3.63, 3.8) is 0 Å². The molecule has 0 amide bonds. The molecule has 4 heterocycles. The SMILES string of the molecule is CSc1ccc([C@H]2Oc3ccc(C)cc3C3=C2[C@H](c2cccs2)n2ncnc2N3)cc1. The van der Waals surface area contributed by atoms with Gasteiger partial charge >= 0.3 is 0 Å². The highest BCUT2D eigenvalue weighted by atomic mass is 32.2. The second-order valence-corrected chi connectivity index (χ2v) is 9.53. The molecule has 0 saturated carbocycles. The second kappa shape index (κ2) is 7.28. The van der Waals surface area contributed by atoms with E-state index >= 15 is 0 Å². The number of benzene rings is 2. The average molecular weight is 445 g/mol. The molecule has 0 bridgehead atoms. The summed E-state index contributed by atoms with van der Waals surface area (Å²) in [7, 11) is 0. The van der Waals surface area contributed by atoms with Crippen LogP contribution in [-0.4, -0.2) is 21.0 Å². The van der Waals surface area contributed by atoms with Crippen LogP contribution in [0.1, 0.15) is 33.7 Å². The lowest BCUT2D eigenvalue weighted by Gasteiger charge is -2.38. The number of hydrogen-bond donors (Lipinski definition) is 1. The fraction of sp³-hybridized carbons (Fsp3) is 0.167. The largest absolute Gasteiger partial charge is 0.480 e. The van der Waals surface area contributed by atoms with Crippen molar-refractivity contribution in [1.29, 1.82) is 0 Å². The minimum Gasteiger partial charge on any atom is -0.480 e. The Morgan fingerprint density at radius 3 is 2.77 bits per heavy atom. The number of aromatic nitrogens is 3. The molecule has 2 aliphatic heterocycles. The predicted octanol–water partition coefficient (Wildman–Crippen LogP) is 5.93. The fourth-order valence-electron chi connectivity index (χ4n) is 4.36. The summed E-state index contributed by atoms with van der Waals surface area (Å²) < 4.78 is 8.64. The van der Waals surface area contributed by atoms with Crippen LogP contribution in [0, 0.1) is 6.92 Å². The van der Waals surface area contributed by atoms with Gasteiger partial charge in [-0.3, -0.25) is 0 Å². The lowest BCUT2D eigenvalue weighted by atomic mass is 9.86. The van der Waals surface area contributed by atoms with Gasteiger partial charge in [-0.05, 0) is 54.5 Å². The molecule has 0 radical (unpaired) electrons. The van der Waals surface area contributed by atoms with Crippen LogP contribution in [0.4, 0.5) is 5.95 Å². The highest BCUT2D eigenvalue weighted by Crippen LogP contribution is 2.51. The molecule has 2 aliphatic rings. The Hall–Kier alpha value is -3.03. The van der Waals surface area contributed by atoms with Crippen LogP contribution >= 0.6 is 23.1 Å². The van der Waals surface area contributed by atoms with Gasteiger partial charge < -0.3 is 10.1 Å². The van der Waals surface area contributed by atoms with Crippen molar-refractivity contribution in [3.05, 3.63) is 93.4 Å². The van der Waals surface area contributed by atoms with E-state index in [1.165, 1.54) is 15.3 Å². The zero-order valence-corrected chi connectivity index (χ0v) is 18.7. The van der Waals surface area contributed by atoms with E-state index in [-0.39, 0.29) is 12.1 Å². The topological polar surface area (TPSA) is 52.0 Å². The number of nitrogens with zero attached hydrogens (tertiary/aromatic N) is 3. The summed E-state index contributed by atoms with van der Waals surface area (Å²) in [5, 5.41) is 10.2. The zero-order chi connectivity index (χ0) is 20.9. The third kappa shape index (κ3) is 2.99. The Labute approximate surface area is 188 Å². The van der Waals surface area contributed by atoms with Crippen molar-refractivity contribution >= 4 is 34.7 Å². The van der Waals surface area contributed by atoms with Gasteiger partial charge in [-0.25, -0.2) is 4.68 Å². The van der Waals surface area contributed by atoms with Crippen molar-refractivity contribution in [3.8, 4) is 5.75 Å². The second-order valence-electron chi connectivity index (χ2n) is 7.67. The Kier molecular flexibility index (Phi) is 4.40. The minimum absolute atomic E-state index is 0.0763. The zero-order valence-electron chi connectivity index (χ0n) is 17.1. The lowest BCUT2D eigenvalue weighted by molar-refractivity contribution is 0.223. The van der Waals surface area contributed by atoms with Crippen LogP contribution in [0.5, 0.6) is 5.75 Å². The van der Waals surface area contributed by atoms with Crippen LogP contribution in [-0.2, 0) is 0 Å². The average Bonchev–Trinajstić information content (AvgIpc) is 3.49. The first-order valence-corrected chi connectivity index (χ1v) is 12.2. The van der Waals surface area contributed by atoms with Gasteiger partial charge in [-0.1, -0.05) is 29.8 Å². The number of thioether (sulfide) groups is 1. The van der Waals surface area contributed by atoms with Crippen LogP contribution in [0.25, 0.3) is 5.70 Å². The molecule has 1 N–H and O–H groups in total. The van der Waals surface area contributed by atoms with Crippen molar-refractivity contribution in [2.75, 3.05) is 11.6 Å². The van der Waals surface area contributed by atoms with Gasteiger partial charge in [0.15, 0.2) is 0 Å². The highest BCUT2D eigenvalue weighted by molar-refractivity contribution is 7.98. The Balaban J connectivity index is 1.61. The molecule has 0 unspecified atom stereocenters. The summed E-state index contributed by atoms with van der Waals surface area (Å²) >= 11 is 3.47. The van der Waals surface area contributed by atoms with Gasteiger partial charge in [0, 0.05) is 20.9 Å². The normalized spacial score (nSPS) is 19.2. The quantitative estimate of drug-likeness (QED) is 0.397. The predicted molar refractivity (Wildman–Crippen MR) is 126 cm³/mol. The number of nitrogens with one attached hydrogen (secondary N) is 1. The van der Waals surface area contributed by atoms with E-state index in [9.17, 15) is 0 Å². The lowest BCUT2D eigenvalue weighted by Crippen LogP contribution is -2.32. The van der Waals surface area contributed by atoms with Crippen molar-refractivity contribution in [2.45, 2.75) is 24.0 Å². The summed E-state index contributed by atoms with van der Waals surface area (Å²) in [4.78, 5) is 6.94. The molecule has 7 heteroatoms. The van der Waals surface area contributed by atoms with E-state index in [0.717, 1.165) is 34.1 Å². The molecule has 2 atom stereocenters. The first kappa shape index (κ1) is 18.7. The number of thiophene rings is 1. The summed E-state index contributed by atoms with van der Waals surface area (Å²) in [5.41, 5.74) is 5.63. The number of fused-ring (bicyclic) bond motifs is 3. The molecular formula is C24H20N4OS2.